The molecule has 0 bridgehead atoms. The third-order valence-corrected chi connectivity index (χ3v) is 0. The van der Waals surface area contributed by atoms with Gasteiger partial charge in [-0.1, -0.05) is 0 Å². The van der Waals surface area contributed by atoms with Crippen LogP contribution in [0.4, 0.5) is 0 Å². The Hall–Kier alpha value is 5.08. The van der Waals surface area contributed by atoms with E-state index >= 15 is 0 Å². The van der Waals surface area contributed by atoms with E-state index in [1.807, 2.05) is 0 Å². The molecule has 0 spiro atoms. The predicted octanol–water partition coefficient (Wildman–Crippen LogP) is -3.56. The summed E-state index contributed by atoms with van der Waals surface area (Å²) in [5, 5.41) is 0. The fraction of sp³-hybridized carbons (Fsp3) is 0. The molecule has 0 aliphatic carbocycles. The van der Waals surface area contributed by atoms with Crippen molar-refractivity contribution in [2.75, 3.05) is 0 Å². The largest absolute Gasteiger partial charge is 0.187 e. The van der Waals surface area contributed by atoms with Crippen molar-refractivity contribution in [1.29, 1.82) is 0 Å². The first kappa shape index (κ1) is 57.5. The molecule has 0 rings (SSSR count). The molecular weight excluding hydrogens is 795 g/mol. The van der Waals surface area contributed by atoms with Gasteiger partial charge in [-0.05, 0) is 0 Å². The second kappa shape index (κ2) is 43.6. The predicted molar refractivity (Wildman–Crippen MR) is 29.8 cm³/mol. The first-order valence-electron chi connectivity index (χ1n) is 0. The topological polar surface area (TPSA) is 0 Å². The molecule has 0 aromatic heterocycles. The molecule has 0 saturated heterocycles. The summed E-state index contributed by atoms with van der Waals surface area (Å²) in [5.74, 6) is 0. The fourth-order valence-corrected chi connectivity index (χ4v) is 0. The van der Waals surface area contributed by atoms with E-state index in [0.29, 0.717) is 0 Å². The molecule has 34 valence electrons. The van der Waals surface area contributed by atoms with E-state index in [9.17, 15) is 0 Å². The third kappa shape index (κ3) is 35.4. The molecule has 0 amide bonds. The fourth-order valence-electron chi connectivity index (χ4n) is 0. The van der Waals surface area contributed by atoms with E-state index in [2.05, 4.69) is 0 Å². The van der Waals surface area contributed by atoms with Crippen LogP contribution in [-0.2, 0) is 103 Å². The van der Waals surface area contributed by atoms with E-state index in [0.717, 1.165) is 0 Å². The second-order valence-electron chi connectivity index (χ2n) is 0. The average Bonchev–Trinajstić information content (AvgIpc) is 0. The van der Waals surface area contributed by atoms with Gasteiger partial charge in [0.15, 0.2) is 52.1 Å². The van der Waals surface area contributed by atoms with Crippen LogP contribution in [0.5, 0.6) is 0 Å². The van der Waals surface area contributed by atoms with Crippen LogP contribution in [0.2, 0.25) is 0 Å². The number of rotatable bonds is 0. The summed E-state index contributed by atoms with van der Waals surface area (Å²) in [5.41, 5.74) is 0. The Kier molecular flexibility index (Phi) is 358. The maximum Gasteiger partial charge on any atom is 0.187 e. The van der Waals surface area contributed by atoms with Crippen molar-refractivity contribution in [2.24, 2.45) is 0 Å². The second-order valence-corrected chi connectivity index (χ2v) is 0. The molecule has 0 N–H and O–H groups in total. The van der Waals surface area contributed by atoms with Gasteiger partial charge in [0, 0.05) is 103 Å². The van der Waals surface area contributed by atoms with E-state index in [1.165, 1.54) is 0 Å². The van der Waals surface area contributed by atoms with Crippen molar-refractivity contribution in [3.05, 3.63) is 0 Å². The molecule has 0 aliphatic heterocycles. The Morgan fingerprint density at radius 3 is 0.286 bits per heavy atom. The number of hydrogen-bond acceptors (Lipinski definition) is 0. The Balaban J connectivity index is 0. The van der Waals surface area contributed by atoms with Crippen LogP contribution in [0, 0.1) is 0 Å². The van der Waals surface area contributed by atoms with Gasteiger partial charge in [0.1, 0.15) is 0 Å². The van der Waals surface area contributed by atoms with Crippen LogP contribution in [0.3, 0.4) is 0 Å². The summed E-state index contributed by atoms with van der Waals surface area (Å²) in [7, 11) is 0. The Labute approximate surface area is 152 Å². The van der Waals surface area contributed by atoms with Crippen molar-refractivity contribution >= 4 is 52.1 Å². The third-order valence-electron chi connectivity index (χ3n) is 0. The summed E-state index contributed by atoms with van der Waals surface area (Å²) in [6.07, 6.45) is 0. The Morgan fingerprint density at radius 1 is 0.286 bits per heavy atom. The van der Waals surface area contributed by atoms with Crippen LogP contribution in [0.1, 0.15) is 0 Å². The molecule has 0 unspecified atom stereocenters. The van der Waals surface area contributed by atoms with Crippen LogP contribution in [0.15, 0.2) is 0 Å². The maximum absolute atomic E-state index is 0. The van der Waals surface area contributed by atoms with E-state index in [-0.39, 0.29) is 155 Å². The summed E-state index contributed by atoms with van der Waals surface area (Å²) in [6.45, 7) is 0. The van der Waals surface area contributed by atoms with Crippen LogP contribution >= 0.6 is 0 Å². The normalized spacial score (nSPS) is 0. The van der Waals surface area contributed by atoms with Gasteiger partial charge in [0.25, 0.3) is 0 Å². The zero-order valence-electron chi connectivity index (χ0n) is 2.00. The van der Waals surface area contributed by atoms with Gasteiger partial charge in [-0.2, -0.15) is 0 Å². The molecule has 0 atom stereocenters. The molecule has 0 heterocycles. The van der Waals surface area contributed by atoms with Gasteiger partial charge in [-0.3, -0.25) is 0 Å². The van der Waals surface area contributed by atoms with E-state index in [4.69, 9.17) is 0 Å². The van der Waals surface area contributed by atoms with Crippen LogP contribution in [0.25, 0.3) is 0 Å². The zero-order chi connectivity index (χ0) is 0. The van der Waals surface area contributed by atoms with Crippen LogP contribution in [-0.4, -0.2) is 52.1 Å². The van der Waals surface area contributed by atoms with Crippen molar-refractivity contribution in [3.8, 4) is 0 Å². The standard InChI is InChI=1S/3Al.4Hf.9H. The molecule has 0 nitrogen and oxygen atoms in total. The molecule has 0 fully saturated rings. The summed E-state index contributed by atoms with van der Waals surface area (Å²) < 4.78 is 0. The molecule has 0 aromatic rings. The number of hydrogen-bond donors (Lipinski definition) is 0. The molecule has 0 aromatic carbocycles. The molecule has 7 heteroatoms. The van der Waals surface area contributed by atoms with Crippen LogP contribution < -0.4 is 0 Å². The molecule has 0 radical (unpaired) electrons. The zero-order valence-corrected chi connectivity index (χ0v) is 16.4. The molecule has 0 saturated carbocycles. The Morgan fingerprint density at radius 2 is 0.286 bits per heavy atom. The van der Waals surface area contributed by atoms with Gasteiger partial charge in [-0.25, -0.2) is 0 Å². The van der Waals surface area contributed by atoms with Gasteiger partial charge >= 0.3 is 0 Å². The SMILES string of the molecule is [AlH3].[AlH3].[AlH3].[Hf].[Hf].[Hf].[Hf]. The summed E-state index contributed by atoms with van der Waals surface area (Å²) >= 11 is 0. The van der Waals surface area contributed by atoms with Gasteiger partial charge in [0.2, 0.25) is 0 Å². The monoisotopic (exact) mass is 810 g/mol. The molecule has 7 heavy (non-hydrogen) atoms. The van der Waals surface area contributed by atoms with Gasteiger partial charge in [-0.15, -0.1) is 0 Å². The summed E-state index contributed by atoms with van der Waals surface area (Å²) in [4.78, 5) is 0. The first-order chi connectivity index (χ1) is 0. The Bertz CT molecular complexity index is 6.90. The molecular formula is H9Al3Hf4. The van der Waals surface area contributed by atoms with Gasteiger partial charge in [0.05, 0.1) is 0 Å². The van der Waals surface area contributed by atoms with E-state index < -0.39 is 0 Å². The minimum absolute atomic E-state index is 0. The average molecular weight is 804 g/mol. The quantitative estimate of drug-likeness (QED) is 0.223. The van der Waals surface area contributed by atoms with E-state index in [1.54, 1.807) is 0 Å². The maximum atomic E-state index is 0. The smallest absolute Gasteiger partial charge is 0 e. The van der Waals surface area contributed by atoms with Crippen molar-refractivity contribution in [3.63, 3.8) is 0 Å². The summed E-state index contributed by atoms with van der Waals surface area (Å²) in [6, 6.07) is 0. The van der Waals surface area contributed by atoms with Crippen molar-refractivity contribution < 1.29 is 103 Å². The minimum Gasteiger partial charge on any atom is 0 e. The first-order valence-corrected chi connectivity index (χ1v) is 0. The molecule has 0 aliphatic rings. The van der Waals surface area contributed by atoms with Crippen molar-refractivity contribution in [1.82, 2.24) is 0 Å². The minimum atomic E-state index is 0. The van der Waals surface area contributed by atoms with Gasteiger partial charge < -0.3 is 0 Å². The van der Waals surface area contributed by atoms with Crippen molar-refractivity contribution in [2.45, 2.75) is 0 Å².